The summed E-state index contributed by atoms with van der Waals surface area (Å²) >= 11 is 1.78. The van der Waals surface area contributed by atoms with Gasteiger partial charge in [0.1, 0.15) is 0 Å². The number of aryl methyl sites for hydroxylation is 1. The minimum atomic E-state index is 0.300. The molecule has 0 amide bonds. The summed E-state index contributed by atoms with van der Waals surface area (Å²) in [7, 11) is 0. The highest BCUT2D eigenvalue weighted by Gasteiger charge is 2.26. The molecular formula is C18H24N2S. The molecule has 2 aromatic rings. The van der Waals surface area contributed by atoms with Gasteiger partial charge in [0.25, 0.3) is 0 Å². The second-order valence-corrected chi connectivity index (χ2v) is 6.83. The van der Waals surface area contributed by atoms with E-state index in [0.717, 1.165) is 24.6 Å². The summed E-state index contributed by atoms with van der Waals surface area (Å²) in [6.07, 6.45) is 5.23. The van der Waals surface area contributed by atoms with Crippen LogP contribution >= 0.6 is 11.3 Å². The molecule has 1 saturated carbocycles. The van der Waals surface area contributed by atoms with E-state index in [4.69, 9.17) is 0 Å². The second-order valence-electron chi connectivity index (χ2n) is 5.95. The maximum atomic E-state index is 4.46. The van der Waals surface area contributed by atoms with Gasteiger partial charge < -0.3 is 5.32 Å². The van der Waals surface area contributed by atoms with E-state index in [0.29, 0.717) is 6.04 Å². The van der Waals surface area contributed by atoms with E-state index in [1.807, 2.05) is 5.51 Å². The van der Waals surface area contributed by atoms with Crippen molar-refractivity contribution in [1.82, 2.24) is 10.3 Å². The van der Waals surface area contributed by atoms with Crippen LogP contribution in [0.3, 0.4) is 0 Å². The molecule has 21 heavy (non-hydrogen) atoms. The van der Waals surface area contributed by atoms with Crippen molar-refractivity contribution >= 4 is 11.3 Å². The Kier molecular flexibility index (Phi) is 4.71. The predicted molar refractivity (Wildman–Crippen MR) is 90.0 cm³/mol. The molecule has 1 atom stereocenters. The van der Waals surface area contributed by atoms with Crippen LogP contribution in [-0.4, -0.2) is 11.5 Å². The monoisotopic (exact) mass is 300 g/mol. The highest BCUT2D eigenvalue weighted by atomic mass is 32.1. The SMILES string of the molecule is CCCNC(c1ccccc1C1CCC1)c1scnc1C. The molecular weight excluding hydrogens is 276 g/mol. The van der Waals surface area contributed by atoms with E-state index in [-0.39, 0.29) is 0 Å². The van der Waals surface area contributed by atoms with Crippen LogP contribution in [-0.2, 0) is 0 Å². The molecule has 1 aliphatic rings. The zero-order chi connectivity index (χ0) is 14.7. The van der Waals surface area contributed by atoms with Gasteiger partial charge >= 0.3 is 0 Å². The smallest absolute Gasteiger partial charge is 0.0798 e. The molecule has 112 valence electrons. The topological polar surface area (TPSA) is 24.9 Å². The van der Waals surface area contributed by atoms with Crippen molar-refractivity contribution in [3.8, 4) is 0 Å². The summed E-state index contributed by atoms with van der Waals surface area (Å²) in [5.41, 5.74) is 6.14. The largest absolute Gasteiger partial charge is 0.306 e. The number of nitrogens with one attached hydrogen (secondary N) is 1. The second kappa shape index (κ2) is 6.71. The van der Waals surface area contributed by atoms with Gasteiger partial charge in [-0.1, -0.05) is 37.6 Å². The molecule has 2 nitrogen and oxygen atoms in total. The molecule has 1 fully saturated rings. The van der Waals surface area contributed by atoms with Gasteiger partial charge in [-0.3, -0.25) is 0 Å². The first-order chi connectivity index (χ1) is 10.3. The Morgan fingerprint density at radius 2 is 2.14 bits per heavy atom. The van der Waals surface area contributed by atoms with E-state index in [1.54, 1.807) is 16.9 Å². The van der Waals surface area contributed by atoms with Crippen LogP contribution in [0, 0.1) is 6.92 Å². The number of aromatic nitrogens is 1. The Morgan fingerprint density at radius 1 is 1.33 bits per heavy atom. The fraction of sp³-hybridized carbons (Fsp3) is 0.500. The van der Waals surface area contributed by atoms with Gasteiger partial charge in [-0.2, -0.15) is 0 Å². The summed E-state index contributed by atoms with van der Waals surface area (Å²) in [5.74, 6) is 0.764. The van der Waals surface area contributed by atoms with Gasteiger partial charge in [0.15, 0.2) is 0 Å². The lowest BCUT2D eigenvalue weighted by atomic mass is 9.77. The van der Waals surface area contributed by atoms with Gasteiger partial charge in [-0.15, -0.1) is 11.3 Å². The molecule has 0 spiro atoms. The van der Waals surface area contributed by atoms with Crippen LogP contribution < -0.4 is 5.32 Å². The van der Waals surface area contributed by atoms with Crippen molar-refractivity contribution < 1.29 is 0 Å². The van der Waals surface area contributed by atoms with Crippen molar-refractivity contribution in [3.05, 3.63) is 51.5 Å². The molecule has 1 unspecified atom stereocenters. The number of hydrogen-bond donors (Lipinski definition) is 1. The van der Waals surface area contributed by atoms with Crippen molar-refractivity contribution in [3.63, 3.8) is 0 Å². The summed E-state index contributed by atoms with van der Waals surface area (Å²) in [6, 6.07) is 9.30. The zero-order valence-electron chi connectivity index (χ0n) is 12.9. The van der Waals surface area contributed by atoms with Crippen LogP contribution in [0.15, 0.2) is 29.8 Å². The third-order valence-electron chi connectivity index (χ3n) is 4.50. The summed E-state index contributed by atoms with van der Waals surface area (Å²) in [6.45, 7) is 5.39. The molecule has 1 N–H and O–H groups in total. The summed E-state index contributed by atoms with van der Waals surface area (Å²) in [4.78, 5) is 5.83. The van der Waals surface area contributed by atoms with Crippen molar-refractivity contribution in [2.24, 2.45) is 0 Å². The first-order valence-electron chi connectivity index (χ1n) is 8.03. The molecule has 0 aliphatic heterocycles. The molecule has 3 heteroatoms. The molecule has 0 saturated heterocycles. The van der Waals surface area contributed by atoms with E-state index < -0.39 is 0 Å². The number of hydrogen-bond acceptors (Lipinski definition) is 3. The van der Waals surface area contributed by atoms with Gasteiger partial charge in [-0.05, 0) is 49.8 Å². The van der Waals surface area contributed by atoms with Crippen molar-refractivity contribution in [2.75, 3.05) is 6.54 Å². The highest BCUT2D eigenvalue weighted by Crippen LogP contribution is 2.41. The number of benzene rings is 1. The number of rotatable bonds is 6. The third-order valence-corrected chi connectivity index (χ3v) is 5.49. The zero-order valence-corrected chi connectivity index (χ0v) is 13.7. The van der Waals surface area contributed by atoms with E-state index in [2.05, 4.69) is 48.4 Å². The molecule has 1 heterocycles. The lowest BCUT2D eigenvalue weighted by Gasteiger charge is -2.30. The molecule has 1 aromatic heterocycles. The number of nitrogens with zero attached hydrogens (tertiary/aromatic N) is 1. The Morgan fingerprint density at radius 3 is 2.76 bits per heavy atom. The Hall–Kier alpha value is -1.19. The Balaban J connectivity index is 1.98. The van der Waals surface area contributed by atoms with Crippen LogP contribution in [0.25, 0.3) is 0 Å². The minimum Gasteiger partial charge on any atom is -0.306 e. The fourth-order valence-electron chi connectivity index (χ4n) is 3.09. The summed E-state index contributed by atoms with van der Waals surface area (Å²) < 4.78 is 0. The van der Waals surface area contributed by atoms with Crippen LogP contribution in [0.5, 0.6) is 0 Å². The predicted octanol–water partition coefficient (Wildman–Crippen LogP) is 4.81. The van der Waals surface area contributed by atoms with Gasteiger partial charge in [0.2, 0.25) is 0 Å². The van der Waals surface area contributed by atoms with Crippen molar-refractivity contribution in [1.29, 1.82) is 0 Å². The molecule has 3 rings (SSSR count). The third kappa shape index (κ3) is 3.04. The van der Waals surface area contributed by atoms with Crippen LogP contribution in [0.1, 0.15) is 66.3 Å². The molecule has 0 radical (unpaired) electrons. The minimum absolute atomic E-state index is 0.300. The Labute approximate surface area is 131 Å². The molecule has 1 aromatic carbocycles. The van der Waals surface area contributed by atoms with E-state index in [9.17, 15) is 0 Å². The average Bonchev–Trinajstić information content (AvgIpc) is 2.85. The van der Waals surface area contributed by atoms with Crippen LogP contribution in [0.2, 0.25) is 0 Å². The highest BCUT2D eigenvalue weighted by molar-refractivity contribution is 7.09. The maximum Gasteiger partial charge on any atom is 0.0798 e. The maximum absolute atomic E-state index is 4.46. The fourth-order valence-corrected chi connectivity index (χ4v) is 3.98. The lowest BCUT2D eigenvalue weighted by Crippen LogP contribution is -2.25. The quantitative estimate of drug-likeness (QED) is 0.828. The standard InChI is InChI=1S/C18H24N2S/c1-3-11-19-17(18-13(2)20-12-21-18)16-10-5-4-9-15(16)14-7-6-8-14/h4-5,9-10,12,14,17,19H,3,6-8,11H2,1-2H3. The molecule has 0 bridgehead atoms. The van der Waals surface area contributed by atoms with Crippen LogP contribution in [0.4, 0.5) is 0 Å². The van der Waals surface area contributed by atoms with Crippen molar-refractivity contribution in [2.45, 2.75) is 51.5 Å². The lowest BCUT2D eigenvalue weighted by molar-refractivity contribution is 0.414. The first kappa shape index (κ1) is 14.7. The number of thiazole rings is 1. The van der Waals surface area contributed by atoms with E-state index >= 15 is 0 Å². The van der Waals surface area contributed by atoms with Gasteiger partial charge in [-0.25, -0.2) is 4.98 Å². The average molecular weight is 300 g/mol. The van der Waals surface area contributed by atoms with E-state index in [1.165, 1.54) is 29.7 Å². The first-order valence-corrected chi connectivity index (χ1v) is 8.91. The Bertz CT molecular complexity index is 586. The molecule has 1 aliphatic carbocycles. The summed E-state index contributed by atoms with van der Waals surface area (Å²) in [5, 5.41) is 3.74. The normalized spacial score (nSPS) is 16.7. The van der Waals surface area contributed by atoms with Gasteiger partial charge in [0, 0.05) is 4.88 Å². The van der Waals surface area contributed by atoms with Gasteiger partial charge in [0.05, 0.1) is 17.2 Å².